The molecule has 0 unspecified atom stereocenters. The summed E-state index contributed by atoms with van der Waals surface area (Å²) in [6.07, 6.45) is 1.24. The molecule has 28 heavy (non-hydrogen) atoms. The van der Waals surface area contributed by atoms with E-state index in [1.54, 1.807) is 30.3 Å². The second-order valence-electron chi connectivity index (χ2n) is 6.72. The van der Waals surface area contributed by atoms with E-state index < -0.39 is 10.0 Å². The number of carbonyl (C=O) groups excluding carboxylic acids is 1. The molecular weight excluding hydrogens is 466 g/mol. The number of benzene rings is 2. The molecule has 0 saturated carbocycles. The van der Waals surface area contributed by atoms with Crippen molar-refractivity contribution in [3.05, 3.63) is 63.1 Å². The molecular formula is C19H21BrClN3O3S. The molecule has 0 radical (unpaired) electrons. The van der Waals surface area contributed by atoms with Crippen LogP contribution >= 0.6 is 27.5 Å². The van der Waals surface area contributed by atoms with Gasteiger partial charge in [0, 0.05) is 48.4 Å². The van der Waals surface area contributed by atoms with Gasteiger partial charge < -0.3 is 5.32 Å². The number of piperazine rings is 1. The Bertz CT molecular complexity index is 959. The van der Waals surface area contributed by atoms with Gasteiger partial charge in [-0.1, -0.05) is 23.7 Å². The van der Waals surface area contributed by atoms with E-state index >= 15 is 0 Å². The zero-order chi connectivity index (χ0) is 20.3. The van der Waals surface area contributed by atoms with Crippen LogP contribution in [-0.2, 0) is 16.6 Å². The van der Waals surface area contributed by atoms with E-state index in [0.717, 1.165) is 16.6 Å². The van der Waals surface area contributed by atoms with Crippen LogP contribution in [0, 0.1) is 0 Å². The molecule has 0 aliphatic carbocycles. The number of nitrogens with one attached hydrogen (secondary N) is 1. The third kappa shape index (κ3) is 5.55. The van der Waals surface area contributed by atoms with Gasteiger partial charge in [0.1, 0.15) is 0 Å². The Hall–Kier alpha value is -1.45. The smallest absolute Gasteiger partial charge is 0.255 e. The van der Waals surface area contributed by atoms with Crippen LogP contribution in [0.4, 0.5) is 5.69 Å². The third-order valence-corrected chi connectivity index (χ3v) is 7.14. The van der Waals surface area contributed by atoms with Gasteiger partial charge in [-0.25, -0.2) is 8.42 Å². The minimum Gasteiger partial charge on any atom is -0.322 e. The fourth-order valence-electron chi connectivity index (χ4n) is 3.02. The monoisotopic (exact) mass is 485 g/mol. The fraction of sp³-hybridized carbons (Fsp3) is 0.316. The molecule has 0 spiro atoms. The Labute approximate surface area is 178 Å². The Morgan fingerprint density at radius 1 is 1.11 bits per heavy atom. The molecule has 1 N–H and O–H groups in total. The highest BCUT2D eigenvalue weighted by atomic mass is 79.9. The predicted molar refractivity (Wildman–Crippen MR) is 115 cm³/mol. The van der Waals surface area contributed by atoms with Gasteiger partial charge in [-0.05, 0) is 51.8 Å². The average Bonchev–Trinajstić information content (AvgIpc) is 2.65. The van der Waals surface area contributed by atoms with Crippen LogP contribution < -0.4 is 5.32 Å². The summed E-state index contributed by atoms with van der Waals surface area (Å²) < 4.78 is 25.4. The van der Waals surface area contributed by atoms with Crippen LogP contribution in [0.3, 0.4) is 0 Å². The highest BCUT2D eigenvalue weighted by molar-refractivity contribution is 9.10. The second kappa shape index (κ2) is 8.92. The minimum atomic E-state index is -3.12. The lowest BCUT2D eigenvalue weighted by molar-refractivity contribution is 0.102. The number of anilines is 1. The van der Waals surface area contributed by atoms with E-state index in [1.165, 1.54) is 10.6 Å². The van der Waals surface area contributed by atoms with Gasteiger partial charge in [0.15, 0.2) is 0 Å². The first-order chi connectivity index (χ1) is 13.2. The topological polar surface area (TPSA) is 69.7 Å². The molecule has 1 heterocycles. The summed E-state index contributed by atoms with van der Waals surface area (Å²) in [5, 5.41) is 3.36. The molecule has 1 aliphatic rings. The van der Waals surface area contributed by atoms with Crippen molar-refractivity contribution in [1.82, 2.24) is 9.21 Å². The van der Waals surface area contributed by atoms with Crippen LogP contribution in [-0.4, -0.2) is 56.0 Å². The first-order valence-corrected chi connectivity index (χ1v) is 11.8. The molecule has 1 amide bonds. The van der Waals surface area contributed by atoms with Crippen molar-refractivity contribution in [2.45, 2.75) is 6.54 Å². The highest BCUT2D eigenvalue weighted by Crippen LogP contribution is 2.25. The van der Waals surface area contributed by atoms with Crippen LogP contribution in [0.25, 0.3) is 0 Å². The Morgan fingerprint density at radius 2 is 1.75 bits per heavy atom. The van der Waals surface area contributed by atoms with Crippen LogP contribution in [0.1, 0.15) is 15.9 Å². The first kappa shape index (κ1) is 21.3. The number of amides is 1. The summed E-state index contributed by atoms with van der Waals surface area (Å²) >= 11 is 9.37. The zero-order valence-corrected chi connectivity index (χ0v) is 18.5. The number of sulfonamides is 1. The second-order valence-corrected chi connectivity index (χ2v) is 9.96. The quantitative estimate of drug-likeness (QED) is 0.703. The maximum Gasteiger partial charge on any atom is 0.255 e. The van der Waals surface area contributed by atoms with Gasteiger partial charge in [-0.2, -0.15) is 4.31 Å². The normalized spacial score (nSPS) is 16.1. The summed E-state index contributed by atoms with van der Waals surface area (Å²) in [4.78, 5) is 14.6. The van der Waals surface area contributed by atoms with Crippen molar-refractivity contribution in [2.24, 2.45) is 0 Å². The predicted octanol–water partition coefficient (Wildman–Crippen LogP) is 3.43. The summed E-state index contributed by atoms with van der Waals surface area (Å²) in [5.41, 5.74) is 2.27. The van der Waals surface area contributed by atoms with Crippen molar-refractivity contribution in [3.63, 3.8) is 0 Å². The van der Waals surface area contributed by atoms with Crippen LogP contribution in [0.2, 0.25) is 5.02 Å². The molecule has 1 saturated heterocycles. The van der Waals surface area contributed by atoms with Crippen molar-refractivity contribution < 1.29 is 13.2 Å². The lowest BCUT2D eigenvalue weighted by Crippen LogP contribution is -2.47. The fourth-order valence-corrected chi connectivity index (χ4v) is 4.27. The molecule has 0 aromatic heterocycles. The summed E-state index contributed by atoms with van der Waals surface area (Å²) in [5.74, 6) is -0.202. The molecule has 0 bridgehead atoms. The minimum absolute atomic E-state index is 0.202. The summed E-state index contributed by atoms with van der Waals surface area (Å²) in [6.45, 7) is 3.13. The molecule has 3 rings (SSSR count). The van der Waals surface area contributed by atoms with Gasteiger partial charge in [0.05, 0.1) is 11.3 Å². The lowest BCUT2D eigenvalue weighted by Gasteiger charge is -2.33. The molecule has 6 nitrogen and oxygen atoms in total. The van der Waals surface area contributed by atoms with Gasteiger partial charge >= 0.3 is 0 Å². The number of nitrogens with zero attached hydrogens (tertiary/aromatic N) is 2. The van der Waals surface area contributed by atoms with Crippen molar-refractivity contribution in [2.75, 3.05) is 37.8 Å². The largest absolute Gasteiger partial charge is 0.322 e. The van der Waals surface area contributed by atoms with Crippen LogP contribution in [0.15, 0.2) is 46.9 Å². The van der Waals surface area contributed by atoms with E-state index in [9.17, 15) is 13.2 Å². The average molecular weight is 487 g/mol. The Balaban J connectivity index is 1.56. The third-order valence-electron chi connectivity index (χ3n) is 4.60. The highest BCUT2D eigenvalue weighted by Gasteiger charge is 2.23. The number of halogens is 2. The van der Waals surface area contributed by atoms with Gasteiger partial charge in [-0.3, -0.25) is 9.69 Å². The first-order valence-electron chi connectivity index (χ1n) is 8.75. The molecule has 9 heteroatoms. The number of carbonyl (C=O) groups is 1. The maximum absolute atomic E-state index is 12.4. The van der Waals surface area contributed by atoms with Gasteiger partial charge in [0.2, 0.25) is 10.0 Å². The molecule has 2 aromatic carbocycles. The number of hydrogen-bond donors (Lipinski definition) is 1. The SMILES string of the molecule is CS(=O)(=O)N1CCN(Cc2ccc(C(=O)Nc3ccc(Br)c(Cl)c3)cc2)CC1. The molecule has 1 aliphatic heterocycles. The van der Waals surface area contributed by atoms with Crippen LogP contribution in [0.5, 0.6) is 0 Å². The van der Waals surface area contributed by atoms with E-state index in [-0.39, 0.29) is 5.91 Å². The van der Waals surface area contributed by atoms with Crippen molar-refractivity contribution >= 4 is 49.1 Å². The Kier molecular flexibility index (Phi) is 6.77. The van der Waals surface area contributed by atoms with Gasteiger partial charge in [0.25, 0.3) is 5.91 Å². The number of rotatable bonds is 5. The van der Waals surface area contributed by atoms with E-state index in [1.807, 2.05) is 12.1 Å². The van der Waals surface area contributed by atoms with Crippen molar-refractivity contribution in [3.8, 4) is 0 Å². The summed E-state index contributed by atoms with van der Waals surface area (Å²) in [7, 11) is -3.12. The van der Waals surface area contributed by atoms with E-state index in [2.05, 4.69) is 26.1 Å². The zero-order valence-electron chi connectivity index (χ0n) is 15.4. The molecule has 2 aromatic rings. The molecule has 150 valence electrons. The molecule has 1 fully saturated rings. The van der Waals surface area contributed by atoms with Gasteiger partial charge in [-0.15, -0.1) is 0 Å². The number of hydrogen-bond acceptors (Lipinski definition) is 4. The molecule has 0 atom stereocenters. The standard InChI is InChI=1S/C19H21BrClN3O3S/c1-28(26,27)24-10-8-23(9-11-24)13-14-2-4-15(5-3-14)19(25)22-16-6-7-17(20)18(21)12-16/h2-7,12H,8-11,13H2,1H3,(H,22,25). The van der Waals surface area contributed by atoms with E-state index in [4.69, 9.17) is 11.6 Å². The lowest BCUT2D eigenvalue weighted by atomic mass is 10.1. The van der Waals surface area contributed by atoms with E-state index in [0.29, 0.717) is 42.5 Å². The van der Waals surface area contributed by atoms with Crippen molar-refractivity contribution in [1.29, 1.82) is 0 Å². The summed E-state index contributed by atoms with van der Waals surface area (Å²) in [6, 6.07) is 12.7. The maximum atomic E-state index is 12.4. The Morgan fingerprint density at radius 3 is 2.32 bits per heavy atom.